The molecule has 2 saturated carbocycles. The van der Waals surface area contributed by atoms with Gasteiger partial charge in [-0.1, -0.05) is 53.7 Å². The van der Waals surface area contributed by atoms with Crippen LogP contribution in [0.1, 0.15) is 75.2 Å². The topological polar surface area (TPSA) is 82.1 Å². The van der Waals surface area contributed by atoms with Gasteiger partial charge < -0.3 is 19.3 Å². The van der Waals surface area contributed by atoms with Crippen LogP contribution in [0.15, 0.2) is 23.3 Å². The fraction of sp³-hybridized carbons (Fsp3) is 0.793. The predicted octanol–water partition coefficient (Wildman–Crippen LogP) is 4.60. The molecule has 1 spiro atoms. The second-order valence-corrected chi connectivity index (χ2v) is 14.1. The van der Waals surface area contributed by atoms with E-state index in [2.05, 4.69) is 20.8 Å². The average Bonchev–Trinajstić information content (AvgIpc) is 3.19. The molecular formula is C29H42O6. The van der Waals surface area contributed by atoms with Crippen LogP contribution >= 0.6 is 0 Å². The molecule has 194 valence electrons. The van der Waals surface area contributed by atoms with Gasteiger partial charge >= 0.3 is 5.97 Å². The molecule has 3 fully saturated rings. The molecule has 0 aromatic carbocycles. The van der Waals surface area contributed by atoms with Gasteiger partial charge in [-0.05, 0) is 66.9 Å². The van der Waals surface area contributed by atoms with Crippen LogP contribution in [-0.4, -0.2) is 47.1 Å². The van der Waals surface area contributed by atoms with Crippen molar-refractivity contribution in [3.05, 3.63) is 23.3 Å². The second-order valence-electron chi connectivity index (χ2n) is 14.1. The first-order chi connectivity index (χ1) is 16.0. The number of carbonyl (C=O) groups is 2. The van der Waals surface area contributed by atoms with Crippen molar-refractivity contribution in [1.82, 2.24) is 0 Å². The molecule has 0 aromatic rings. The lowest BCUT2D eigenvalue weighted by molar-refractivity contribution is -0.304. The number of aliphatic hydroxyl groups is 1. The third-order valence-corrected chi connectivity index (χ3v) is 9.59. The van der Waals surface area contributed by atoms with Crippen LogP contribution in [0.25, 0.3) is 0 Å². The summed E-state index contributed by atoms with van der Waals surface area (Å²) in [6.07, 6.45) is 3.23. The molecule has 35 heavy (non-hydrogen) atoms. The van der Waals surface area contributed by atoms with Crippen molar-refractivity contribution < 1.29 is 28.9 Å². The lowest BCUT2D eigenvalue weighted by atomic mass is 9.59. The number of Topliss-reactive ketones (excluding diaryl/α,β-unsaturated/α-hetero) is 1. The molecule has 0 radical (unpaired) electrons. The first-order valence-electron chi connectivity index (χ1n) is 13.1. The lowest BCUT2D eigenvalue weighted by Gasteiger charge is -2.52. The van der Waals surface area contributed by atoms with E-state index in [1.54, 1.807) is 0 Å². The van der Waals surface area contributed by atoms with Crippen LogP contribution < -0.4 is 0 Å². The van der Waals surface area contributed by atoms with E-state index in [1.807, 2.05) is 53.7 Å². The minimum absolute atomic E-state index is 0.0302. The van der Waals surface area contributed by atoms with Crippen molar-refractivity contribution in [2.45, 2.75) is 98.8 Å². The highest BCUT2D eigenvalue weighted by molar-refractivity contribution is 5.95. The van der Waals surface area contributed by atoms with E-state index in [-0.39, 0.29) is 53.4 Å². The number of esters is 1. The van der Waals surface area contributed by atoms with Crippen molar-refractivity contribution in [2.75, 3.05) is 6.61 Å². The fourth-order valence-corrected chi connectivity index (χ4v) is 7.91. The molecule has 0 amide bonds. The van der Waals surface area contributed by atoms with Crippen LogP contribution in [0.5, 0.6) is 0 Å². The molecule has 6 heteroatoms. The van der Waals surface area contributed by atoms with Crippen LogP contribution in [0.4, 0.5) is 0 Å². The van der Waals surface area contributed by atoms with E-state index in [0.29, 0.717) is 5.92 Å². The quantitative estimate of drug-likeness (QED) is 0.454. The van der Waals surface area contributed by atoms with Gasteiger partial charge in [0, 0.05) is 5.92 Å². The average molecular weight is 487 g/mol. The zero-order valence-electron chi connectivity index (χ0n) is 22.7. The highest BCUT2D eigenvalue weighted by Gasteiger charge is 2.77. The first kappa shape index (κ1) is 25.2. The van der Waals surface area contributed by atoms with Crippen molar-refractivity contribution >= 4 is 11.8 Å². The molecule has 2 bridgehead atoms. The Bertz CT molecular complexity index is 1030. The van der Waals surface area contributed by atoms with Gasteiger partial charge in [0.25, 0.3) is 0 Å². The number of ketones is 1. The van der Waals surface area contributed by atoms with Crippen molar-refractivity contribution in [3.63, 3.8) is 0 Å². The summed E-state index contributed by atoms with van der Waals surface area (Å²) in [7, 11) is 0. The van der Waals surface area contributed by atoms with Gasteiger partial charge in [0.05, 0.1) is 18.4 Å². The summed E-state index contributed by atoms with van der Waals surface area (Å²) in [6, 6.07) is 0. The number of rotatable bonds is 2. The third-order valence-electron chi connectivity index (χ3n) is 9.59. The Balaban J connectivity index is 1.68. The Morgan fingerprint density at radius 1 is 1.23 bits per heavy atom. The Kier molecular flexibility index (Phi) is 5.24. The number of allylic oxidation sites excluding steroid dienone is 1. The summed E-state index contributed by atoms with van der Waals surface area (Å²) in [6.45, 7) is 18.3. The van der Waals surface area contributed by atoms with Gasteiger partial charge in [0.1, 0.15) is 6.10 Å². The molecule has 7 unspecified atom stereocenters. The Morgan fingerprint density at radius 2 is 1.89 bits per heavy atom. The molecular weight excluding hydrogens is 444 g/mol. The molecule has 1 saturated heterocycles. The second kappa shape index (κ2) is 7.29. The van der Waals surface area contributed by atoms with E-state index < -0.39 is 29.0 Å². The van der Waals surface area contributed by atoms with E-state index >= 15 is 0 Å². The summed E-state index contributed by atoms with van der Waals surface area (Å²) >= 11 is 0. The highest BCUT2D eigenvalue weighted by Crippen LogP contribution is 2.72. The number of carbonyl (C=O) groups excluding carboxylic acids is 2. The van der Waals surface area contributed by atoms with Crippen molar-refractivity contribution in [3.8, 4) is 0 Å². The summed E-state index contributed by atoms with van der Waals surface area (Å²) in [5.41, 5.74) is -1.64. The first-order valence-corrected chi connectivity index (χ1v) is 13.1. The minimum Gasteiger partial charge on any atom is -0.455 e. The van der Waals surface area contributed by atoms with Gasteiger partial charge in [-0.15, -0.1) is 0 Å². The summed E-state index contributed by atoms with van der Waals surface area (Å²) < 4.78 is 18.5. The maximum absolute atomic E-state index is 14.6. The third kappa shape index (κ3) is 3.39. The Morgan fingerprint density at radius 3 is 2.51 bits per heavy atom. The number of fused-ring (bicyclic) bond motifs is 5. The van der Waals surface area contributed by atoms with Gasteiger partial charge in [-0.3, -0.25) is 9.59 Å². The predicted molar refractivity (Wildman–Crippen MR) is 131 cm³/mol. The monoisotopic (exact) mass is 486 g/mol. The molecule has 5 rings (SSSR count). The molecule has 8 atom stereocenters. The normalized spacial score (nSPS) is 45.1. The Hall–Kier alpha value is -1.50. The maximum atomic E-state index is 14.6. The van der Waals surface area contributed by atoms with Crippen LogP contribution in [0.2, 0.25) is 0 Å². The van der Waals surface area contributed by atoms with E-state index in [0.717, 1.165) is 17.6 Å². The van der Waals surface area contributed by atoms with Crippen LogP contribution in [0, 0.1) is 39.9 Å². The van der Waals surface area contributed by atoms with Gasteiger partial charge in [0.2, 0.25) is 0 Å². The molecule has 0 aromatic heterocycles. The standard InChI is InChI=1S/C29H42O6/c1-15-12-28-16(2)10-19-21(26(19,6)7)18(22(28)31)11-17-14-33-27(8,9)35-24(17)29(28,32)23(15)34-20(30)13-25(3,4)5/h11-12,16,18-19,21,23-24,32H,10,13-14H2,1-9H3/t16-,18?,19?,21?,23?,24?,28?,29?/m1/s1. The largest absolute Gasteiger partial charge is 0.455 e. The fourth-order valence-electron chi connectivity index (χ4n) is 7.91. The number of hydrogen-bond acceptors (Lipinski definition) is 6. The lowest BCUT2D eigenvalue weighted by Crippen LogP contribution is -2.68. The van der Waals surface area contributed by atoms with E-state index in [9.17, 15) is 14.7 Å². The Labute approximate surface area is 209 Å². The molecule has 4 aliphatic carbocycles. The van der Waals surface area contributed by atoms with Crippen molar-refractivity contribution in [1.29, 1.82) is 0 Å². The molecule has 1 N–H and O–H groups in total. The van der Waals surface area contributed by atoms with Crippen LogP contribution in [-0.2, 0) is 23.8 Å². The van der Waals surface area contributed by atoms with Crippen LogP contribution in [0.3, 0.4) is 0 Å². The summed E-state index contributed by atoms with van der Waals surface area (Å²) in [5, 5.41) is 12.9. The molecule has 5 aliphatic rings. The molecule has 1 heterocycles. The summed E-state index contributed by atoms with van der Waals surface area (Å²) in [4.78, 5) is 27.7. The van der Waals surface area contributed by atoms with Gasteiger partial charge in [-0.2, -0.15) is 0 Å². The minimum atomic E-state index is -1.75. The summed E-state index contributed by atoms with van der Waals surface area (Å²) in [5.74, 6) is -1.13. The zero-order chi connectivity index (χ0) is 25.9. The zero-order valence-corrected chi connectivity index (χ0v) is 22.7. The maximum Gasteiger partial charge on any atom is 0.307 e. The van der Waals surface area contributed by atoms with E-state index in [1.165, 1.54) is 0 Å². The number of ether oxygens (including phenoxy) is 3. The van der Waals surface area contributed by atoms with E-state index in [4.69, 9.17) is 14.2 Å². The highest BCUT2D eigenvalue weighted by atomic mass is 16.7. The van der Waals surface area contributed by atoms with Gasteiger partial charge in [0.15, 0.2) is 23.3 Å². The van der Waals surface area contributed by atoms with Gasteiger partial charge in [-0.25, -0.2) is 0 Å². The smallest absolute Gasteiger partial charge is 0.307 e. The molecule has 6 nitrogen and oxygen atoms in total. The van der Waals surface area contributed by atoms with Crippen molar-refractivity contribution in [2.24, 2.45) is 39.9 Å². The number of hydrogen-bond donors (Lipinski definition) is 1. The SMILES string of the molecule is CC1=CC23C(=O)C(C=C4COC(C)(C)OC4C2(O)C1OC(=O)CC(C)(C)C)C1C(C[C@H]3C)C1(C)C. The molecule has 1 aliphatic heterocycles.